The topological polar surface area (TPSA) is 79.4 Å². The first kappa shape index (κ1) is 15.8. The van der Waals surface area contributed by atoms with E-state index in [0.717, 1.165) is 22.2 Å². The molecule has 26 heavy (non-hydrogen) atoms. The van der Waals surface area contributed by atoms with Crippen LogP contribution in [0.5, 0.6) is 0 Å². The van der Waals surface area contributed by atoms with Gasteiger partial charge in [0.1, 0.15) is 6.07 Å². The van der Waals surface area contributed by atoms with Gasteiger partial charge in [0.25, 0.3) is 0 Å². The number of nitriles is 1. The van der Waals surface area contributed by atoms with Gasteiger partial charge in [0, 0.05) is 11.6 Å². The Balaban J connectivity index is 1.67. The lowest BCUT2D eigenvalue weighted by Crippen LogP contribution is -2.01. The van der Waals surface area contributed by atoms with Crippen molar-refractivity contribution < 1.29 is 0 Å². The fraction of sp³-hybridized carbons (Fsp3) is 0.100. The zero-order valence-corrected chi connectivity index (χ0v) is 14.2. The summed E-state index contributed by atoms with van der Waals surface area (Å²) in [6, 6.07) is 18.1. The van der Waals surface area contributed by atoms with E-state index in [0.29, 0.717) is 12.2 Å². The minimum absolute atomic E-state index is 0.263. The summed E-state index contributed by atoms with van der Waals surface area (Å²) in [5, 5.41) is 26.1. The Bertz CT molecular complexity index is 1110. The summed E-state index contributed by atoms with van der Waals surface area (Å²) in [7, 11) is 0. The molecule has 4 rings (SSSR count). The minimum Gasteiger partial charge on any atom is -0.350 e. The number of rotatable bonds is 4. The summed E-state index contributed by atoms with van der Waals surface area (Å²) in [5.41, 5.74) is 4.73. The molecule has 4 aromatic rings. The Morgan fingerprint density at radius 2 is 1.96 bits per heavy atom. The van der Waals surface area contributed by atoms with Crippen LogP contribution >= 0.6 is 0 Å². The highest BCUT2D eigenvalue weighted by Gasteiger charge is 2.12. The molecule has 0 amide bonds. The third-order valence-electron chi connectivity index (χ3n) is 4.11. The van der Waals surface area contributed by atoms with Crippen molar-refractivity contribution >= 4 is 22.3 Å². The Hall–Kier alpha value is -3.72. The van der Waals surface area contributed by atoms with E-state index < -0.39 is 0 Å². The molecule has 0 aliphatic rings. The normalized spacial score (nSPS) is 10.6. The van der Waals surface area contributed by atoms with Crippen LogP contribution in [0.3, 0.4) is 0 Å². The van der Waals surface area contributed by atoms with Crippen molar-refractivity contribution in [1.29, 1.82) is 5.26 Å². The minimum atomic E-state index is 0.263. The van der Waals surface area contributed by atoms with E-state index >= 15 is 0 Å². The molecule has 6 nitrogen and oxygen atoms in total. The van der Waals surface area contributed by atoms with Crippen LogP contribution in [0.2, 0.25) is 0 Å². The maximum absolute atomic E-state index is 9.41. The van der Waals surface area contributed by atoms with Gasteiger partial charge in [0.05, 0.1) is 29.6 Å². The van der Waals surface area contributed by atoms with E-state index in [1.807, 2.05) is 54.2 Å². The lowest BCUT2D eigenvalue weighted by atomic mass is 10.1. The van der Waals surface area contributed by atoms with Crippen LogP contribution in [0.1, 0.15) is 16.8 Å². The van der Waals surface area contributed by atoms with Gasteiger partial charge in [-0.2, -0.15) is 10.4 Å². The Morgan fingerprint density at radius 1 is 1.12 bits per heavy atom. The van der Waals surface area contributed by atoms with E-state index in [4.69, 9.17) is 0 Å². The van der Waals surface area contributed by atoms with Crippen molar-refractivity contribution in [3.63, 3.8) is 0 Å². The van der Waals surface area contributed by atoms with Crippen molar-refractivity contribution in [3.05, 3.63) is 77.7 Å². The molecule has 0 bridgehead atoms. The molecule has 126 valence electrons. The fourth-order valence-corrected chi connectivity index (χ4v) is 2.85. The fourth-order valence-electron chi connectivity index (χ4n) is 2.85. The number of benzene rings is 2. The predicted molar refractivity (Wildman–Crippen MR) is 100 cm³/mol. The first-order valence-electron chi connectivity index (χ1n) is 8.23. The molecule has 0 aliphatic carbocycles. The number of aryl methyl sites for hydroxylation is 1. The maximum Gasteiger partial charge on any atom is 0.187 e. The van der Waals surface area contributed by atoms with Crippen LogP contribution in [-0.2, 0) is 6.54 Å². The number of nitrogens with one attached hydrogen (secondary N) is 1. The Morgan fingerprint density at radius 3 is 2.77 bits per heavy atom. The summed E-state index contributed by atoms with van der Waals surface area (Å²) in [5.74, 6) is 0. The van der Waals surface area contributed by atoms with Gasteiger partial charge >= 0.3 is 0 Å². The number of anilines is 2. The molecular formula is C20H16N6. The average Bonchev–Trinajstić information content (AvgIpc) is 3.10. The van der Waals surface area contributed by atoms with Crippen LogP contribution < -0.4 is 5.32 Å². The molecular weight excluding hydrogens is 324 g/mol. The number of aromatic nitrogens is 4. The van der Waals surface area contributed by atoms with Gasteiger partial charge in [-0.15, -0.1) is 10.2 Å². The maximum atomic E-state index is 9.41. The van der Waals surface area contributed by atoms with Gasteiger partial charge in [0.15, 0.2) is 5.69 Å². The third kappa shape index (κ3) is 3.10. The molecule has 2 aromatic carbocycles. The first-order chi connectivity index (χ1) is 12.7. The van der Waals surface area contributed by atoms with Gasteiger partial charge in [-0.1, -0.05) is 42.0 Å². The van der Waals surface area contributed by atoms with E-state index in [2.05, 4.69) is 38.8 Å². The highest BCUT2D eigenvalue weighted by molar-refractivity contribution is 5.95. The lowest BCUT2D eigenvalue weighted by molar-refractivity contribution is 0.687. The smallest absolute Gasteiger partial charge is 0.187 e. The van der Waals surface area contributed by atoms with Gasteiger partial charge in [-0.3, -0.25) is 4.68 Å². The van der Waals surface area contributed by atoms with E-state index in [9.17, 15) is 5.26 Å². The zero-order chi connectivity index (χ0) is 17.9. The van der Waals surface area contributed by atoms with Crippen LogP contribution in [0.15, 0.2) is 60.9 Å². The van der Waals surface area contributed by atoms with Gasteiger partial charge in [-0.25, -0.2) is 0 Å². The number of hydrogen-bond donors (Lipinski definition) is 1. The van der Waals surface area contributed by atoms with Crippen LogP contribution in [0.25, 0.3) is 10.9 Å². The second-order valence-corrected chi connectivity index (χ2v) is 6.09. The molecule has 2 aromatic heterocycles. The lowest BCUT2D eigenvalue weighted by Gasteiger charge is -2.09. The van der Waals surface area contributed by atoms with Crippen molar-refractivity contribution in [2.24, 2.45) is 0 Å². The Kier molecular flexibility index (Phi) is 4.04. The van der Waals surface area contributed by atoms with Crippen molar-refractivity contribution in [1.82, 2.24) is 20.0 Å². The van der Waals surface area contributed by atoms with E-state index in [-0.39, 0.29) is 5.69 Å². The van der Waals surface area contributed by atoms with Crippen LogP contribution in [0.4, 0.5) is 11.4 Å². The largest absolute Gasteiger partial charge is 0.350 e. The number of hydrogen-bond acceptors (Lipinski definition) is 5. The molecule has 6 heteroatoms. The van der Waals surface area contributed by atoms with E-state index in [1.165, 1.54) is 5.56 Å². The molecule has 0 fully saturated rings. The number of fused-ring (bicyclic) bond motifs is 1. The van der Waals surface area contributed by atoms with Crippen LogP contribution in [0, 0.1) is 18.3 Å². The van der Waals surface area contributed by atoms with Gasteiger partial charge in [0.2, 0.25) is 0 Å². The van der Waals surface area contributed by atoms with E-state index in [1.54, 1.807) is 6.20 Å². The molecule has 0 saturated heterocycles. The average molecular weight is 340 g/mol. The SMILES string of the molecule is Cc1ccc2nnc(C#N)c(Nc3cnn(Cc4ccccc4)c3)c2c1. The summed E-state index contributed by atoms with van der Waals surface area (Å²) < 4.78 is 1.85. The standard InChI is InChI=1S/C20H16N6/c1-14-7-8-18-17(9-14)20(19(10-21)25-24-18)23-16-11-22-26(13-16)12-15-5-3-2-4-6-15/h2-9,11,13H,12H2,1H3,(H,23,24). The molecule has 0 atom stereocenters. The van der Waals surface area contributed by atoms with Crippen molar-refractivity contribution in [2.75, 3.05) is 5.32 Å². The van der Waals surface area contributed by atoms with Crippen LogP contribution in [-0.4, -0.2) is 20.0 Å². The first-order valence-corrected chi connectivity index (χ1v) is 8.23. The monoisotopic (exact) mass is 340 g/mol. The van der Waals surface area contributed by atoms with Gasteiger partial charge < -0.3 is 5.32 Å². The highest BCUT2D eigenvalue weighted by atomic mass is 15.3. The second kappa shape index (κ2) is 6.65. The summed E-state index contributed by atoms with van der Waals surface area (Å²) >= 11 is 0. The number of nitrogens with zero attached hydrogens (tertiary/aromatic N) is 5. The molecule has 0 radical (unpaired) electrons. The predicted octanol–water partition coefficient (Wildman–Crippen LogP) is 3.80. The molecule has 0 aliphatic heterocycles. The zero-order valence-electron chi connectivity index (χ0n) is 14.2. The van der Waals surface area contributed by atoms with Crippen molar-refractivity contribution in [2.45, 2.75) is 13.5 Å². The quantitative estimate of drug-likeness (QED) is 0.611. The highest BCUT2D eigenvalue weighted by Crippen LogP contribution is 2.28. The molecule has 0 saturated carbocycles. The molecule has 0 unspecified atom stereocenters. The van der Waals surface area contributed by atoms with Crippen molar-refractivity contribution in [3.8, 4) is 6.07 Å². The van der Waals surface area contributed by atoms with Gasteiger partial charge in [-0.05, 0) is 24.6 Å². The summed E-state index contributed by atoms with van der Waals surface area (Å²) in [6.07, 6.45) is 3.66. The summed E-state index contributed by atoms with van der Waals surface area (Å²) in [6.45, 7) is 2.69. The Labute approximate surface area is 150 Å². The third-order valence-corrected chi connectivity index (χ3v) is 4.11. The second-order valence-electron chi connectivity index (χ2n) is 6.09. The molecule has 2 heterocycles. The molecule has 0 spiro atoms. The molecule has 1 N–H and O–H groups in total. The summed E-state index contributed by atoms with van der Waals surface area (Å²) in [4.78, 5) is 0.